The second-order valence-corrected chi connectivity index (χ2v) is 7.37. The highest BCUT2D eigenvalue weighted by atomic mass is 32.1. The summed E-state index contributed by atoms with van der Waals surface area (Å²) in [7, 11) is 0. The summed E-state index contributed by atoms with van der Waals surface area (Å²) < 4.78 is 0. The maximum Gasteiger partial charge on any atom is 0.136 e. The van der Waals surface area contributed by atoms with Crippen molar-refractivity contribution in [1.82, 2.24) is 4.98 Å². The molecule has 0 atom stereocenters. The van der Waals surface area contributed by atoms with Crippen LogP contribution < -0.4 is 11.1 Å². The van der Waals surface area contributed by atoms with Crippen LogP contribution in [0.1, 0.15) is 62.3 Å². The minimum atomic E-state index is 0.394. The van der Waals surface area contributed by atoms with E-state index in [1.54, 1.807) is 0 Å². The van der Waals surface area contributed by atoms with Crippen LogP contribution in [0.3, 0.4) is 0 Å². The van der Waals surface area contributed by atoms with Gasteiger partial charge in [-0.25, -0.2) is 4.98 Å². The van der Waals surface area contributed by atoms with Crippen molar-refractivity contribution in [2.24, 2.45) is 11.1 Å². The van der Waals surface area contributed by atoms with Gasteiger partial charge in [0, 0.05) is 12.2 Å². The normalized spacial score (nSPS) is 20.0. The van der Waals surface area contributed by atoms with Crippen molar-refractivity contribution in [3.05, 3.63) is 22.9 Å². The first-order valence-corrected chi connectivity index (χ1v) is 8.55. The van der Waals surface area contributed by atoms with Crippen molar-refractivity contribution in [2.75, 3.05) is 11.9 Å². The average molecular weight is 303 g/mol. The van der Waals surface area contributed by atoms with E-state index in [0.717, 1.165) is 30.8 Å². The lowest BCUT2D eigenvalue weighted by molar-refractivity contribution is 0.361. The van der Waals surface area contributed by atoms with Crippen LogP contribution in [-0.2, 0) is 12.8 Å². The van der Waals surface area contributed by atoms with Gasteiger partial charge < -0.3 is 11.1 Å². The minimum Gasteiger partial charge on any atom is -0.389 e. The zero-order valence-corrected chi connectivity index (χ0v) is 13.7. The van der Waals surface area contributed by atoms with Crippen molar-refractivity contribution >= 4 is 23.0 Å². The summed E-state index contributed by atoms with van der Waals surface area (Å²) >= 11 is 5.23. The van der Waals surface area contributed by atoms with E-state index in [1.807, 2.05) is 0 Å². The van der Waals surface area contributed by atoms with Gasteiger partial charge in [-0.2, -0.15) is 0 Å². The summed E-state index contributed by atoms with van der Waals surface area (Å²) in [5.74, 6) is 0.899. The van der Waals surface area contributed by atoms with E-state index in [1.165, 1.54) is 49.8 Å². The molecule has 2 aliphatic rings. The largest absolute Gasteiger partial charge is 0.389 e. The van der Waals surface area contributed by atoms with Crippen LogP contribution in [-0.4, -0.2) is 16.5 Å². The number of rotatable bonds is 4. The minimum absolute atomic E-state index is 0.394. The maximum absolute atomic E-state index is 5.92. The Bertz CT molecular complexity index is 547. The molecule has 1 saturated carbocycles. The number of aromatic nitrogens is 1. The Hall–Kier alpha value is -1.16. The van der Waals surface area contributed by atoms with E-state index in [4.69, 9.17) is 22.9 Å². The van der Waals surface area contributed by atoms with E-state index in [9.17, 15) is 0 Å². The summed E-state index contributed by atoms with van der Waals surface area (Å²) in [5, 5.41) is 3.55. The molecule has 114 valence electrons. The lowest BCUT2D eigenvalue weighted by atomic mass is 9.89. The average Bonchev–Trinajstić information content (AvgIpc) is 2.91. The number of pyridine rings is 1. The maximum atomic E-state index is 5.92. The first-order chi connectivity index (χ1) is 10.1. The van der Waals surface area contributed by atoms with Gasteiger partial charge in [0.15, 0.2) is 0 Å². The zero-order valence-electron chi connectivity index (χ0n) is 12.9. The molecule has 1 heterocycles. The van der Waals surface area contributed by atoms with Crippen LogP contribution in [0.4, 0.5) is 5.82 Å². The highest BCUT2D eigenvalue weighted by Gasteiger charge is 2.29. The van der Waals surface area contributed by atoms with E-state index < -0.39 is 0 Å². The number of hydrogen-bond donors (Lipinski definition) is 2. The van der Waals surface area contributed by atoms with Gasteiger partial charge in [0.1, 0.15) is 10.8 Å². The van der Waals surface area contributed by atoms with Crippen LogP contribution in [0, 0.1) is 5.41 Å². The molecular formula is C17H25N3S. The third kappa shape index (κ3) is 3.20. The quantitative estimate of drug-likeness (QED) is 0.835. The molecule has 1 aromatic rings. The number of thiocarbonyl (C=S) groups is 1. The molecule has 0 radical (unpaired) electrons. The number of nitrogens with one attached hydrogen (secondary N) is 1. The topological polar surface area (TPSA) is 50.9 Å². The van der Waals surface area contributed by atoms with Gasteiger partial charge in [0.25, 0.3) is 0 Å². The molecule has 0 unspecified atom stereocenters. The van der Waals surface area contributed by atoms with Gasteiger partial charge >= 0.3 is 0 Å². The molecule has 3 nitrogen and oxygen atoms in total. The Morgan fingerprint density at radius 3 is 2.71 bits per heavy atom. The summed E-state index contributed by atoms with van der Waals surface area (Å²) in [6.07, 6.45) is 9.96. The van der Waals surface area contributed by atoms with Gasteiger partial charge in [0.2, 0.25) is 0 Å². The molecular weight excluding hydrogens is 278 g/mol. The Labute approximate surface area is 132 Å². The van der Waals surface area contributed by atoms with Crippen LogP contribution in [0.2, 0.25) is 0 Å². The molecule has 0 aliphatic heterocycles. The number of anilines is 1. The first kappa shape index (κ1) is 14.8. The lowest BCUT2D eigenvalue weighted by Gasteiger charge is -2.26. The van der Waals surface area contributed by atoms with Crippen molar-refractivity contribution in [1.29, 1.82) is 0 Å². The summed E-state index contributed by atoms with van der Waals surface area (Å²) in [6.45, 7) is 3.33. The highest BCUT2D eigenvalue weighted by Crippen LogP contribution is 2.37. The van der Waals surface area contributed by atoms with Gasteiger partial charge in [0.05, 0.1) is 5.56 Å². The van der Waals surface area contributed by atoms with E-state index in [2.05, 4.69) is 18.3 Å². The Morgan fingerprint density at radius 2 is 2.00 bits per heavy atom. The van der Waals surface area contributed by atoms with E-state index in [-0.39, 0.29) is 0 Å². The van der Waals surface area contributed by atoms with E-state index in [0.29, 0.717) is 10.4 Å². The number of nitrogens with zero attached hydrogens (tertiary/aromatic N) is 1. The Kier molecular flexibility index (Phi) is 4.16. The molecule has 2 aliphatic carbocycles. The van der Waals surface area contributed by atoms with Gasteiger partial charge in [-0.15, -0.1) is 0 Å². The molecule has 0 bridgehead atoms. The second kappa shape index (κ2) is 5.91. The van der Waals surface area contributed by atoms with Crippen LogP contribution in [0.5, 0.6) is 0 Å². The Balaban J connectivity index is 1.84. The fourth-order valence-electron chi connectivity index (χ4n) is 3.66. The van der Waals surface area contributed by atoms with E-state index >= 15 is 0 Å². The fraction of sp³-hybridized carbons (Fsp3) is 0.647. The molecule has 0 amide bonds. The summed E-state index contributed by atoms with van der Waals surface area (Å²) in [5.41, 5.74) is 9.80. The van der Waals surface area contributed by atoms with Crippen molar-refractivity contribution in [3.63, 3.8) is 0 Å². The monoisotopic (exact) mass is 303 g/mol. The van der Waals surface area contributed by atoms with Crippen molar-refractivity contribution in [2.45, 2.75) is 58.3 Å². The van der Waals surface area contributed by atoms with Gasteiger partial charge in [-0.05, 0) is 55.6 Å². The first-order valence-electron chi connectivity index (χ1n) is 8.14. The summed E-state index contributed by atoms with van der Waals surface area (Å²) in [4.78, 5) is 5.30. The SMILES string of the molecule is CC1(CNc2nc3c(cc2C(N)=S)CCCC3)CCCC1. The second-order valence-electron chi connectivity index (χ2n) is 6.93. The standard InChI is InChI=1S/C17H25N3S/c1-17(8-4-5-9-17)11-19-16-13(15(18)21)10-12-6-2-3-7-14(12)20-16/h10H,2-9,11H2,1H3,(H2,18,21)(H,19,20). The van der Waals surface area contributed by atoms with Crippen LogP contribution >= 0.6 is 12.2 Å². The smallest absolute Gasteiger partial charge is 0.136 e. The molecule has 0 saturated heterocycles. The van der Waals surface area contributed by atoms with Crippen molar-refractivity contribution in [3.8, 4) is 0 Å². The molecule has 0 spiro atoms. The molecule has 4 heteroatoms. The predicted octanol–water partition coefficient (Wildman–Crippen LogP) is 3.59. The van der Waals surface area contributed by atoms with Crippen LogP contribution in [0.15, 0.2) is 6.07 Å². The Morgan fingerprint density at radius 1 is 1.29 bits per heavy atom. The third-order valence-electron chi connectivity index (χ3n) is 5.06. The van der Waals surface area contributed by atoms with Crippen molar-refractivity contribution < 1.29 is 0 Å². The number of nitrogens with two attached hydrogens (primary N) is 1. The zero-order chi connectivity index (χ0) is 14.9. The molecule has 3 N–H and O–H groups in total. The number of aryl methyl sites for hydroxylation is 2. The number of hydrogen-bond acceptors (Lipinski definition) is 3. The third-order valence-corrected chi connectivity index (χ3v) is 5.28. The number of fused-ring (bicyclic) bond motifs is 1. The predicted molar refractivity (Wildman–Crippen MR) is 91.8 cm³/mol. The molecule has 1 fully saturated rings. The molecule has 21 heavy (non-hydrogen) atoms. The molecule has 0 aromatic carbocycles. The molecule has 1 aromatic heterocycles. The van der Waals surface area contributed by atoms with Gasteiger partial charge in [-0.3, -0.25) is 0 Å². The van der Waals surface area contributed by atoms with Crippen LogP contribution in [0.25, 0.3) is 0 Å². The molecule has 3 rings (SSSR count). The highest BCUT2D eigenvalue weighted by molar-refractivity contribution is 7.80. The van der Waals surface area contributed by atoms with Gasteiger partial charge in [-0.1, -0.05) is 32.0 Å². The lowest BCUT2D eigenvalue weighted by Crippen LogP contribution is -2.26. The fourth-order valence-corrected chi connectivity index (χ4v) is 3.81. The summed E-state index contributed by atoms with van der Waals surface area (Å²) in [6, 6.07) is 2.17.